The summed E-state index contributed by atoms with van der Waals surface area (Å²) in [4.78, 5) is 0. The maximum atomic E-state index is 11.9. The van der Waals surface area contributed by atoms with Gasteiger partial charge in [0.05, 0.1) is 17.8 Å². The van der Waals surface area contributed by atoms with Crippen molar-refractivity contribution in [2.45, 2.75) is 31.8 Å². The number of nitrogens with one attached hydrogen (secondary N) is 1. The molecule has 1 aliphatic rings. The predicted molar refractivity (Wildman–Crippen MR) is 70.1 cm³/mol. The third kappa shape index (κ3) is 4.28. The first kappa shape index (κ1) is 12.8. The average Bonchev–Trinajstić information content (AvgIpc) is 3.13. The molecule has 17 heavy (non-hydrogen) atoms. The lowest BCUT2D eigenvalue weighted by atomic mass is 10.2. The van der Waals surface area contributed by atoms with E-state index >= 15 is 0 Å². The number of hydrogen-bond acceptors (Lipinski definition) is 2. The van der Waals surface area contributed by atoms with Gasteiger partial charge in [0.2, 0.25) is 0 Å². The highest BCUT2D eigenvalue weighted by Crippen LogP contribution is 2.27. The minimum atomic E-state index is -0.332. The summed E-state index contributed by atoms with van der Waals surface area (Å²) in [5.41, 5.74) is 1.24. The van der Waals surface area contributed by atoms with Gasteiger partial charge >= 0.3 is 0 Å². The number of benzene rings is 1. The van der Waals surface area contributed by atoms with E-state index < -0.39 is 0 Å². The van der Waals surface area contributed by atoms with E-state index in [2.05, 4.69) is 27.3 Å². The van der Waals surface area contributed by atoms with E-state index in [0.717, 1.165) is 16.8 Å². The Morgan fingerprint density at radius 2 is 2.24 bits per heavy atom. The van der Waals surface area contributed by atoms with E-state index in [1.54, 1.807) is 0 Å². The molecule has 0 bridgehead atoms. The average molecular weight is 302 g/mol. The lowest BCUT2D eigenvalue weighted by molar-refractivity contribution is 0.288. The Labute approximate surface area is 110 Å². The van der Waals surface area contributed by atoms with Crippen LogP contribution < -0.4 is 10.1 Å². The first-order valence-electron chi connectivity index (χ1n) is 6.00. The van der Waals surface area contributed by atoms with Crippen molar-refractivity contribution in [2.75, 3.05) is 13.3 Å². The Balaban J connectivity index is 1.85. The smallest absolute Gasteiger partial charge is 0.133 e. The summed E-state index contributed by atoms with van der Waals surface area (Å²) >= 11 is 3.48. The molecule has 1 saturated carbocycles. The molecule has 2 nitrogen and oxygen atoms in total. The Kier molecular flexibility index (Phi) is 4.80. The highest BCUT2D eigenvalue weighted by molar-refractivity contribution is 9.10. The van der Waals surface area contributed by atoms with Gasteiger partial charge in [-0.2, -0.15) is 0 Å². The molecule has 0 saturated heterocycles. The standard InChI is InChI=1S/C13H17BrFNO/c14-12-8-10(9-16-11-3-4-11)2-5-13(12)17-7-1-6-15/h2,5,8,11,16H,1,3-4,6-7,9H2. The van der Waals surface area contributed by atoms with Crippen LogP contribution >= 0.6 is 15.9 Å². The van der Waals surface area contributed by atoms with E-state index in [0.29, 0.717) is 19.1 Å². The SMILES string of the molecule is FCCCOc1ccc(CNC2CC2)cc1Br. The van der Waals surface area contributed by atoms with Gasteiger partial charge in [-0.15, -0.1) is 0 Å². The van der Waals surface area contributed by atoms with Gasteiger partial charge in [0.15, 0.2) is 0 Å². The van der Waals surface area contributed by atoms with Crippen molar-refractivity contribution in [2.24, 2.45) is 0 Å². The molecule has 1 aromatic rings. The van der Waals surface area contributed by atoms with Gasteiger partial charge in [-0.3, -0.25) is 4.39 Å². The lowest BCUT2D eigenvalue weighted by Gasteiger charge is -2.09. The quantitative estimate of drug-likeness (QED) is 0.779. The van der Waals surface area contributed by atoms with Crippen molar-refractivity contribution < 1.29 is 9.13 Å². The van der Waals surface area contributed by atoms with Crippen molar-refractivity contribution in [1.29, 1.82) is 0 Å². The predicted octanol–water partition coefficient (Wildman–Crippen LogP) is 3.44. The van der Waals surface area contributed by atoms with Gasteiger partial charge in [-0.25, -0.2) is 0 Å². The fourth-order valence-corrected chi connectivity index (χ4v) is 2.10. The van der Waals surface area contributed by atoms with E-state index in [9.17, 15) is 4.39 Å². The third-order valence-corrected chi connectivity index (χ3v) is 3.32. The second-order valence-electron chi connectivity index (χ2n) is 4.31. The lowest BCUT2D eigenvalue weighted by Crippen LogP contribution is -2.15. The van der Waals surface area contributed by atoms with E-state index in [1.165, 1.54) is 18.4 Å². The van der Waals surface area contributed by atoms with Crippen LogP contribution in [0, 0.1) is 0 Å². The summed E-state index contributed by atoms with van der Waals surface area (Å²) in [5.74, 6) is 0.786. The van der Waals surface area contributed by atoms with Crippen LogP contribution in [-0.4, -0.2) is 19.3 Å². The topological polar surface area (TPSA) is 21.3 Å². The molecule has 1 aromatic carbocycles. The van der Waals surface area contributed by atoms with Crippen LogP contribution in [0.3, 0.4) is 0 Å². The molecule has 0 heterocycles. The van der Waals surface area contributed by atoms with E-state index in [-0.39, 0.29) is 6.67 Å². The highest BCUT2D eigenvalue weighted by atomic mass is 79.9. The van der Waals surface area contributed by atoms with Crippen LogP contribution in [0.5, 0.6) is 5.75 Å². The molecule has 1 fully saturated rings. The summed E-state index contributed by atoms with van der Waals surface area (Å²) in [7, 11) is 0. The number of ether oxygens (including phenoxy) is 1. The zero-order valence-electron chi connectivity index (χ0n) is 9.72. The minimum Gasteiger partial charge on any atom is -0.492 e. The number of rotatable bonds is 7. The Hall–Kier alpha value is -0.610. The fourth-order valence-electron chi connectivity index (χ4n) is 1.56. The van der Waals surface area contributed by atoms with Gasteiger partial charge in [-0.1, -0.05) is 6.07 Å². The summed E-state index contributed by atoms with van der Waals surface area (Å²) in [6.45, 7) is 0.990. The molecule has 1 N–H and O–H groups in total. The van der Waals surface area contributed by atoms with Gasteiger partial charge in [0.25, 0.3) is 0 Å². The minimum absolute atomic E-state index is 0.332. The van der Waals surface area contributed by atoms with Crippen LogP contribution in [0.15, 0.2) is 22.7 Å². The van der Waals surface area contributed by atoms with E-state index in [1.807, 2.05) is 12.1 Å². The Morgan fingerprint density at radius 3 is 2.88 bits per heavy atom. The normalized spacial score (nSPS) is 14.9. The van der Waals surface area contributed by atoms with Crippen LogP contribution in [0.1, 0.15) is 24.8 Å². The van der Waals surface area contributed by atoms with Gasteiger partial charge in [0, 0.05) is 19.0 Å². The molecule has 94 valence electrons. The monoisotopic (exact) mass is 301 g/mol. The van der Waals surface area contributed by atoms with Crippen molar-refractivity contribution in [1.82, 2.24) is 5.32 Å². The summed E-state index contributed by atoms with van der Waals surface area (Å²) in [6, 6.07) is 6.76. The highest BCUT2D eigenvalue weighted by Gasteiger charge is 2.19. The van der Waals surface area contributed by atoms with Crippen LogP contribution in [0.25, 0.3) is 0 Å². The molecular formula is C13H17BrFNO. The summed E-state index contributed by atoms with van der Waals surface area (Å²) < 4.78 is 18.3. The molecule has 0 spiro atoms. The second-order valence-corrected chi connectivity index (χ2v) is 5.17. The molecule has 2 rings (SSSR count). The fraction of sp³-hybridized carbons (Fsp3) is 0.538. The zero-order valence-corrected chi connectivity index (χ0v) is 11.3. The molecule has 0 unspecified atom stereocenters. The van der Waals surface area contributed by atoms with Crippen LogP contribution in [0.2, 0.25) is 0 Å². The van der Waals surface area contributed by atoms with Gasteiger partial charge in [0.1, 0.15) is 5.75 Å². The van der Waals surface area contributed by atoms with Gasteiger partial charge in [-0.05, 0) is 46.5 Å². The van der Waals surface area contributed by atoms with Crippen molar-refractivity contribution in [3.63, 3.8) is 0 Å². The zero-order chi connectivity index (χ0) is 12.1. The largest absolute Gasteiger partial charge is 0.492 e. The first-order valence-corrected chi connectivity index (χ1v) is 6.79. The molecule has 4 heteroatoms. The molecular weight excluding hydrogens is 285 g/mol. The van der Waals surface area contributed by atoms with Crippen molar-refractivity contribution in [3.8, 4) is 5.75 Å². The Bertz CT molecular complexity index is 368. The second kappa shape index (κ2) is 6.36. The number of alkyl halides is 1. The molecule has 0 radical (unpaired) electrons. The molecule has 1 aliphatic carbocycles. The number of hydrogen-bond donors (Lipinski definition) is 1. The third-order valence-electron chi connectivity index (χ3n) is 2.70. The maximum Gasteiger partial charge on any atom is 0.133 e. The van der Waals surface area contributed by atoms with Crippen LogP contribution in [0.4, 0.5) is 4.39 Å². The first-order chi connectivity index (χ1) is 8.29. The Morgan fingerprint density at radius 1 is 1.41 bits per heavy atom. The molecule has 0 atom stereocenters. The molecule has 0 aliphatic heterocycles. The summed E-state index contributed by atoms with van der Waals surface area (Å²) in [6.07, 6.45) is 3.04. The summed E-state index contributed by atoms with van der Waals surface area (Å²) in [5, 5.41) is 3.46. The van der Waals surface area contributed by atoms with Crippen molar-refractivity contribution in [3.05, 3.63) is 28.2 Å². The molecule has 0 amide bonds. The molecule has 0 aromatic heterocycles. The maximum absolute atomic E-state index is 11.9. The number of halogens is 2. The van der Waals surface area contributed by atoms with E-state index in [4.69, 9.17) is 4.74 Å². The van der Waals surface area contributed by atoms with Gasteiger partial charge < -0.3 is 10.1 Å². The van der Waals surface area contributed by atoms with Crippen molar-refractivity contribution >= 4 is 15.9 Å². The van der Waals surface area contributed by atoms with Crippen LogP contribution in [-0.2, 0) is 6.54 Å².